The predicted octanol–water partition coefficient (Wildman–Crippen LogP) is 2.46. The Balaban J connectivity index is 2.54. The van der Waals surface area contributed by atoms with Gasteiger partial charge in [-0.05, 0) is 6.07 Å². The molecule has 0 bridgehead atoms. The summed E-state index contributed by atoms with van der Waals surface area (Å²) in [5.74, 6) is -0.702. The molecule has 86 valence electrons. The number of ether oxygens (including phenoxy) is 1. The number of methoxy groups -OCH3 is 1. The Morgan fingerprint density at radius 1 is 1.24 bits per heavy atom. The highest BCUT2D eigenvalue weighted by Gasteiger charge is 2.09. The van der Waals surface area contributed by atoms with Gasteiger partial charge in [-0.1, -0.05) is 30.3 Å². The minimum Gasteiger partial charge on any atom is -0.481 e. The lowest BCUT2D eigenvalue weighted by molar-refractivity contribution is 0.0696. The van der Waals surface area contributed by atoms with Gasteiger partial charge in [0, 0.05) is 11.6 Å². The first-order valence-corrected chi connectivity index (χ1v) is 5.05. The highest BCUT2D eigenvalue weighted by Crippen LogP contribution is 2.21. The van der Waals surface area contributed by atoms with Crippen LogP contribution >= 0.6 is 0 Å². The maximum Gasteiger partial charge on any atom is 0.335 e. The van der Waals surface area contributed by atoms with E-state index in [9.17, 15) is 4.79 Å². The van der Waals surface area contributed by atoms with Crippen molar-refractivity contribution in [3.8, 4) is 17.1 Å². The average Bonchev–Trinajstić information content (AvgIpc) is 2.39. The number of rotatable bonds is 3. The van der Waals surface area contributed by atoms with Crippen molar-refractivity contribution < 1.29 is 14.6 Å². The van der Waals surface area contributed by atoms with E-state index in [-0.39, 0.29) is 5.56 Å². The van der Waals surface area contributed by atoms with Crippen molar-refractivity contribution in [2.24, 2.45) is 0 Å². The maximum atomic E-state index is 11.0. The number of aromatic carboxylic acids is 1. The molecule has 0 saturated heterocycles. The first-order chi connectivity index (χ1) is 8.20. The van der Waals surface area contributed by atoms with E-state index >= 15 is 0 Å². The van der Waals surface area contributed by atoms with Crippen molar-refractivity contribution in [3.05, 3.63) is 48.0 Å². The lowest BCUT2D eigenvalue weighted by atomic mass is 10.1. The first-order valence-electron chi connectivity index (χ1n) is 5.05. The lowest BCUT2D eigenvalue weighted by Gasteiger charge is -2.05. The Morgan fingerprint density at radius 2 is 1.94 bits per heavy atom. The minimum absolute atomic E-state index is 0.163. The van der Waals surface area contributed by atoms with Crippen molar-refractivity contribution >= 4 is 5.97 Å². The third kappa shape index (κ3) is 2.42. The number of carbonyl (C=O) groups is 1. The molecule has 4 heteroatoms. The number of nitrogens with zero attached hydrogens (tertiary/aromatic N) is 1. The van der Waals surface area contributed by atoms with Crippen LogP contribution in [0.4, 0.5) is 0 Å². The molecule has 4 nitrogen and oxygen atoms in total. The Bertz CT molecular complexity index is 538. The smallest absolute Gasteiger partial charge is 0.335 e. The molecule has 1 aromatic carbocycles. The molecule has 2 rings (SSSR count). The Hall–Kier alpha value is -2.36. The summed E-state index contributed by atoms with van der Waals surface area (Å²) in [7, 11) is 1.46. The monoisotopic (exact) mass is 229 g/mol. The van der Waals surface area contributed by atoms with Gasteiger partial charge in [0.15, 0.2) is 0 Å². The van der Waals surface area contributed by atoms with Crippen LogP contribution in [0, 0.1) is 0 Å². The van der Waals surface area contributed by atoms with Crippen molar-refractivity contribution in [1.82, 2.24) is 4.98 Å². The lowest BCUT2D eigenvalue weighted by Crippen LogP contribution is -2.00. The standard InChI is InChI=1S/C13H11NO3/c1-17-12-8-10(13(15)16)7-11(14-12)9-5-3-2-4-6-9/h2-8H,1H3,(H,15,16). The molecule has 17 heavy (non-hydrogen) atoms. The van der Waals surface area contributed by atoms with E-state index in [2.05, 4.69) is 4.98 Å². The molecule has 0 aliphatic rings. The molecule has 0 spiro atoms. The second-order valence-corrected chi connectivity index (χ2v) is 3.45. The normalized spacial score (nSPS) is 9.94. The van der Waals surface area contributed by atoms with Gasteiger partial charge in [0.2, 0.25) is 5.88 Å². The van der Waals surface area contributed by atoms with Crippen molar-refractivity contribution in [2.45, 2.75) is 0 Å². The van der Waals surface area contributed by atoms with Gasteiger partial charge in [0.25, 0.3) is 0 Å². The topological polar surface area (TPSA) is 59.4 Å². The van der Waals surface area contributed by atoms with E-state index in [0.29, 0.717) is 11.6 Å². The molecule has 0 radical (unpaired) electrons. The van der Waals surface area contributed by atoms with E-state index < -0.39 is 5.97 Å². The number of hydrogen-bond acceptors (Lipinski definition) is 3. The van der Waals surface area contributed by atoms with Gasteiger partial charge in [0.1, 0.15) is 0 Å². The van der Waals surface area contributed by atoms with E-state index in [1.54, 1.807) is 0 Å². The number of carboxylic acid groups (broad SMARTS) is 1. The Labute approximate surface area is 98.5 Å². The third-order valence-corrected chi connectivity index (χ3v) is 2.33. The van der Waals surface area contributed by atoms with Crippen molar-refractivity contribution in [2.75, 3.05) is 7.11 Å². The van der Waals surface area contributed by atoms with Crippen molar-refractivity contribution in [1.29, 1.82) is 0 Å². The zero-order chi connectivity index (χ0) is 12.3. The van der Waals surface area contributed by atoms with Crippen LogP contribution in [0.25, 0.3) is 11.3 Å². The molecule has 0 aliphatic heterocycles. The Morgan fingerprint density at radius 3 is 2.53 bits per heavy atom. The van der Waals surface area contributed by atoms with E-state index in [1.807, 2.05) is 30.3 Å². The molecule has 1 aromatic heterocycles. The predicted molar refractivity (Wildman–Crippen MR) is 63.2 cm³/mol. The summed E-state index contributed by atoms with van der Waals surface area (Å²) in [6, 6.07) is 12.3. The maximum absolute atomic E-state index is 11.0. The fourth-order valence-corrected chi connectivity index (χ4v) is 1.49. The fraction of sp³-hybridized carbons (Fsp3) is 0.0769. The van der Waals surface area contributed by atoms with Crippen LogP contribution in [0.1, 0.15) is 10.4 Å². The third-order valence-electron chi connectivity index (χ3n) is 2.33. The van der Waals surface area contributed by atoms with E-state index in [4.69, 9.17) is 9.84 Å². The van der Waals surface area contributed by atoms with Crippen LogP contribution in [0.2, 0.25) is 0 Å². The van der Waals surface area contributed by atoms with Gasteiger partial charge in [0.05, 0.1) is 18.4 Å². The van der Waals surface area contributed by atoms with Crippen LogP contribution in [0.15, 0.2) is 42.5 Å². The second-order valence-electron chi connectivity index (χ2n) is 3.45. The molecular formula is C13H11NO3. The number of carboxylic acids is 1. The van der Waals surface area contributed by atoms with Crippen LogP contribution < -0.4 is 4.74 Å². The number of hydrogen-bond donors (Lipinski definition) is 1. The fourth-order valence-electron chi connectivity index (χ4n) is 1.49. The van der Waals surface area contributed by atoms with Gasteiger partial charge in [-0.3, -0.25) is 0 Å². The molecule has 0 aliphatic carbocycles. The highest BCUT2D eigenvalue weighted by atomic mass is 16.5. The SMILES string of the molecule is COc1cc(C(=O)O)cc(-c2ccccc2)n1. The summed E-state index contributed by atoms with van der Waals surface area (Å²) in [5.41, 5.74) is 1.60. The van der Waals surface area contributed by atoms with Crippen LogP contribution in [-0.2, 0) is 0 Å². The van der Waals surface area contributed by atoms with Gasteiger partial charge < -0.3 is 9.84 Å². The summed E-state index contributed by atoms with van der Waals surface area (Å²) in [6.07, 6.45) is 0. The summed E-state index contributed by atoms with van der Waals surface area (Å²) in [6.45, 7) is 0. The van der Waals surface area contributed by atoms with Crippen LogP contribution in [-0.4, -0.2) is 23.2 Å². The zero-order valence-electron chi connectivity index (χ0n) is 9.25. The highest BCUT2D eigenvalue weighted by molar-refractivity contribution is 5.89. The molecule has 0 saturated carbocycles. The minimum atomic E-state index is -0.997. The van der Waals surface area contributed by atoms with E-state index in [0.717, 1.165) is 5.56 Å². The molecule has 0 fully saturated rings. The summed E-state index contributed by atoms with van der Waals surface area (Å²) >= 11 is 0. The van der Waals surface area contributed by atoms with E-state index in [1.165, 1.54) is 19.2 Å². The summed E-state index contributed by atoms with van der Waals surface area (Å²) < 4.78 is 4.99. The molecule has 0 amide bonds. The van der Waals surface area contributed by atoms with Gasteiger partial charge >= 0.3 is 5.97 Å². The number of benzene rings is 1. The molecular weight excluding hydrogens is 218 g/mol. The molecule has 0 atom stereocenters. The summed E-state index contributed by atoms with van der Waals surface area (Å²) in [4.78, 5) is 15.2. The zero-order valence-corrected chi connectivity index (χ0v) is 9.25. The van der Waals surface area contributed by atoms with Gasteiger partial charge in [-0.25, -0.2) is 9.78 Å². The second kappa shape index (κ2) is 4.65. The first kappa shape index (κ1) is 11.1. The largest absolute Gasteiger partial charge is 0.481 e. The Kier molecular flexibility index (Phi) is 3.05. The molecule has 1 heterocycles. The average molecular weight is 229 g/mol. The van der Waals surface area contributed by atoms with Gasteiger partial charge in [-0.2, -0.15) is 0 Å². The summed E-state index contributed by atoms with van der Waals surface area (Å²) in [5, 5.41) is 8.99. The number of aromatic nitrogens is 1. The van der Waals surface area contributed by atoms with Gasteiger partial charge in [-0.15, -0.1) is 0 Å². The molecule has 0 unspecified atom stereocenters. The molecule has 1 N–H and O–H groups in total. The quantitative estimate of drug-likeness (QED) is 0.878. The van der Waals surface area contributed by atoms with Crippen LogP contribution in [0.5, 0.6) is 5.88 Å². The number of pyridine rings is 1. The van der Waals surface area contributed by atoms with Crippen LogP contribution in [0.3, 0.4) is 0 Å². The molecule has 2 aromatic rings. The van der Waals surface area contributed by atoms with Crippen molar-refractivity contribution in [3.63, 3.8) is 0 Å².